The van der Waals surface area contributed by atoms with Gasteiger partial charge in [-0.1, -0.05) is 34.6 Å². The van der Waals surface area contributed by atoms with Crippen LogP contribution in [0.15, 0.2) is 0 Å². The lowest BCUT2D eigenvalue weighted by molar-refractivity contribution is -0.140. The summed E-state index contributed by atoms with van der Waals surface area (Å²) in [7, 11) is 0. The first-order valence-electron chi connectivity index (χ1n) is 8.82. The lowest BCUT2D eigenvalue weighted by atomic mass is 9.67. The second-order valence-electron chi connectivity index (χ2n) is 9.45. The maximum atomic E-state index is 13.2. The normalized spacial score (nSPS) is 46.1. The van der Waals surface area contributed by atoms with E-state index in [0.29, 0.717) is 23.3 Å². The van der Waals surface area contributed by atoms with E-state index in [0.717, 1.165) is 18.8 Å². The Balaban J connectivity index is 1.75. The topological polar surface area (TPSA) is 32.3 Å². The Morgan fingerprint density at radius 1 is 1.19 bits per heavy atom. The highest BCUT2D eigenvalue weighted by atomic mass is 16.2. The van der Waals surface area contributed by atoms with Crippen LogP contribution in [0.3, 0.4) is 0 Å². The van der Waals surface area contributed by atoms with E-state index in [2.05, 4.69) is 44.8 Å². The predicted octanol–water partition coefficient (Wildman–Crippen LogP) is 3.15. The summed E-state index contributed by atoms with van der Waals surface area (Å²) in [6.07, 6.45) is 6.28. The van der Waals surface area contributed by atoms with Gasteiger partial charge < -0.3 is 4.90 Å². The summed E-state index contributed by atoms with van der Waals surface area (Å²) in [5.74, 6) is 1.68. The number of nitrogens with zero attached hydrogens (tertiary/aromatic N) is 1. The van der Waals surface area contributed by atoms with Gasteiger partial charge in [0.25, 0.3) is 0 Å². The van der Waals surface area contributed by atoms with Gasteiger partial charge in [0.2, 0.25) is 5.91 Å². The second kappa shape index (κ2) is 3.84. The number of nitrogens with one attached hydrogen (secondary N) is 1. The molecule has 4 atom stereocenters. The Morgan fingerprint density at radius 2 is 1.86 bits per heavy atom. The van der Waals surface area contributed by atoms with Crippen molar-refractivity contribution in [2.75, 3.05) is 0 Å². The molecule has 1 amide bonds. The SMILES string of the molecule is CC(C)C1NC2(CC2)C(=O)N1C1C2(C)CCC(C2)C1(C)C. The quantitative estimate of drug-likeness (QED) is 0.847. The molecule has 3 nitrogen and oxygen atoms in total. The summed E-state index contributed by atoms with van der Waals surface area (Å²) in [5.41, 5.74) is 0.417. The number of carbonyl (C=O) groups is 1. The van der Waals surface area contributed by atoms with Crippen LogP contribution in [0.1, 0.15) is 66.7 Å². The van der Waals surface area contributed by atoms with Crippen molar-refractivity contribution < 1.29 is 4.79 Å². The van der Waals surface area contributed by atoms with Gasteiger partial charge in [0.15, 0.2) is 0 Å². The molecule has 1 aliphatic heterocycles. The van der Waals surface area contributed by atoms with Gasteiger partial charge in [0.1, 0.15) is 0 Å². The van der Waals surface area contributed by atoms with Crippen LogP contribution >= 0.6 is 0 Å². The van der Waals surface area contributed by atoms with Crippen LogP contribution in [0.2, 0.25) is 0 Å². The van der Waals surface area contributed by atoms with E-state index in [1.54, 1.807) is 0 Å². The van der Waals surface area contributed by atoms with Crippen molar-refractivity contribution in [3.63, 3.8) is 0 Å². The van der Waals surface area contributed by atoms with Gasteiger partial charge in [-0.3, -0.25) is 10.1 Å². The fourth-order valence-electron chi connectivity index (χ4n) is 6.01. The molecule has 0 radical (unpaired) electrons. The average Bonchev–Trinajstić information content (AvgIpc) is 2.92. The molecule has 118 valence electrons. The van der Waals surface area contributed by atoms with Crippen LogP contribution < -0.4 is 5.32 Å². The smallest absolute Gasteiger partial charge is 0.244 e. The number of rotatable bonds is 2. The summed E-state index contributed by atoms with van der Waals surface area (Å²) in [5, 5.41) is 3.71. The monoisotopic (exact) mass is 290 g/mol. The number of amides is 1. The van der Waals surface area contributed by atoms with Crippen LogP contribution in [0.5, 0.6) is 0 Å². The fraction of sp³-hybridized carbons (Fsp3) is 0.944. The third-order valence-electron chi connectivity index (χ3n) is 7.22. The zero-order chi connectivity index (χ0) is 15.2. The molecule has 1 spiro atoms. The second-order valence-corrected chi connectivity index (χ2v) is 9.45. The highest BCUT2D eigenvalue weighted by Crippen LogP contribution is 2.65. The molecule has 2 bridgehead atoms. The van der Waals surface area contributed by atoms with Crippen molar-refractivity contribution in [3.8, 4) is 0 Å². The number of hydrogen-bond donors (Lipinski definition) is 1. The first kappa shape index (κ1) is 14.0. The van der Waals surface area contributed by atoms with Crippen LogP contribution in [-0.4, -0.2) is 28.6 Å². The van der Waals surface area contributed by atoms with Gasteiger partial charge in [-0.05, 0) is 54.8 Å². The Morgan fingerprint density at radius 3 is 2.33 bits per heavy atom. The van der Waals surface area contributed by atoms with Gasteiger partial charge in [-0.2, -0.15) is 0 Å². The Labute approximate surface area is 128 Å². The summed E-state index contributed by atoms with van der Waals surface area (Å²) in [6, 6.07) is 0.413. The molecule has 3 saturated carbocycles. The lowest BCUT2D eigenvalue weighted by Crippen LogP contribution is -2.58. The van der Waals surface area contributed by atoms with E-state index in [1.165, 1.54) is 19.3 Å². The molecule has 4 rings (SSSR count). The van der Waals surface area contributed by atoms with Crippen molar-refractivity contribution in [1.29, 1.82) is 0 Å². The van der Waals surface area contributed by atoms with Gasteiger partial charge in [0.05, 0.1) is 11.7 Å². The number of fused-ring (bicyclic) bond motifs is 2. The first-order chi connectivity index (χ1) is 9.71. The minimum Gasteiger partial charge on any atom is -0.321 e. The zero-order valence-corrected chi connectivity index (χ0v) is 14.2. The van der Waals surface area contributed by atoms with E-state index in [9.17, 15) is 4.79 Å². The number of hydrogen-bond acceptors (Lipinski definition) is 2. The maximum absolute atomic E-state index is 13.2. The molecular formula is C18H30N2O. The van der Waals surface area contributed by atoms with Crippen molar-refractivity contribution in [3.05, 3.63) is 0 Å². The zero-order valence-electron chi connectivity index (χ0n) is 14.2. The highest BCUT2D eigenvalue weighted by Gasteiger charge is 2.68. The van der Waals surface area contributed by atoms with Gasteiger partial charge >= 0.3 is 0 Å². The van der Waals surface area contributed by atoms with Crippen LogP contribution in [0.4, 0.5) is 0 Å². The van der Waals surface area contributed by atoms with Gasteiger partial charge in [0, 0.05) is 6.04 Å². The van der Waals surface area contributed by atoms with Crippen molar-refractivity contribution in [2.45, 2.75) is 84.5 Å². The fourth-order valence-corrected chi connectivity index (χ4v) is 6.01. The molecular weight excluding hydrogens is 260 g/mol. The molecule has 4 unspecified atom stereocenters. The molecule has 1 N–H and O–H groups in total. The van der Waals surface area contributed by atoms with Crippen LogP contribution in [0.25, 0.3) is 0 Å². The molecule has 3 heteroatoms. The molecule has 0 aromatic heterocycles. The molecule has 21 heavy (non-hydrogen) atoms. The first-order valence-corrected chi connectivity index (χ1v) is 8.82. The van der Waals surface area contributed by atoms with Crippen LogP contribution in [-0.2, 0) is 4.79 Å². The minimum absolute atomic E-state index is 0.177. The van der Waals surface area contributed by atoms with Crippen molar-refractivity contribution in [2.24, 2.45) is 22.7 Å². The Kier molecular flexibility index (Phi) is 2.57. The third kappa shape index (κ3) is 1.62. The third-order valence-corrected chi connectivity index (χ3v) is 7.22. The molecule has 1 heterocycles. The molecule has 0 aromatic carbocycles. The van der Waals surface area contributed by atoms with E-state index in [1.807, 2.05) is 0 Å². The Hall–Kier alpha value is -0.570. The highest BCUT2D eigenvalue weighted by molar-refractivity contribution is 5.92. The summed E-state index contributed by atoms with van der Waals surface area (Å²) in [6.45, 7) is 11.8. The molecule has 4 aliphatic rings. The van der Waals surface area contributed by atoms with E-state index >= 15 is 0 Å². The van der Waals surface area contributed by atoms with Crippen LogP contribution in [0, 0.1) is 22.7 Å². The molecule has 1 saturated heterocycles. The molecule has 4 fully saturated rings. The van der Waals surface area contributed by atoms with E-state index in [-0.39, 0.29) is 17.1 Å². The van der Waals surface area contributed by atoms with Crippen molar-refractivity contribution >= 4 is 5.91 Å². The summed E-state index contributed by atoms with van der Waals surface area (Å²) >= 11 is 0. The summed E-state index contributed by atoms with van der Waals surface area (Å²) < 4.78 is 0. The maximum Gasteiger partial charge on any atom is 0.244 e. The number of carbonyl (C=O) groups excluding carboxylic acids is 1. The lowest BCUT2D eigenvalue weighted by Gasteiger charge is -2.50. The van der Waals surface area contributed by atoms with E-state index in [4.69, 9.17) is 0 Å². The molecule has 0 aromatic rings. The Bertz CT molecular complexity index is 489. The largest absolute Gasteiger partial charge is 0.321 e. The van der Waals surface area contributed by atoms with Gasteiger partial charge in [-0.25, -0.2) is 0 Å². The van der Waals surface area contributed by atoms with Crippen molar-refractivity contribution in [1.82, 2.24) is 10.2 Å². The standard InChI is InChI=1S/C18H30N2O/c1-11(2)13-19-18(8-9-18)15(21)20(13)14-16(3,4)12-6-7-17(14,5)10-12/h11-14,19H,6-10H2,1-5H3. The summed E-state index contributed by atoms with van der Waals surface area (Å²) in [4.78, 5) is 15.5. The predicted molar refractivity (Wildman–Crippen MR) is 83.6 cm³/mol. The molecule has 3 aliphatic carbocycles. The average molecular weight is 290 g/mol. The van der Waals surface area contributed by atoms with Gasteiger partial charge in [-0.15, -0.1) is 0 Å². The van der Waals surface area contributed by atoms with E-state index < -0.39 is 0 Å². The minimum atomic E-state index is -0.177.